The van der Waals surface area contributed by atoms with Gasteiger partial charge in [-0.1, -0.05) is 72.4 Å². The first-order chi connectivity index (χ1) is 20.8. The average molecular weight is 574 g/mol. The van der Waals surface area contributed by atoms with E-state index in [9.17, 15) is 5.26 Å². The molecule has 0 atom stereocenters. The first kappa shape index (κ1) is 23.6. The Balaban J connectivity index is 1.32. The molecule has 0 radical (unpaired) electrons. The van der Waals surface area contributed by atoms with Crippen LogP contribution in [0.1, 0.15) is 5.56 Å². The van der Waals surface area contributed by atoms with Crippen molar-refractivity contribution < 1.29 is 4.42 Å². The van der Waals surface area contributed by atoms with Crippen molar-refractivity contribution in [3.63, 3.8) is 0 Å². The predicted molar refractivity (Wildman–Crippen MR) is 173 cm³/mol. The maximum absolute atomic E-state index is 9.48. The van der Waals surface area contributed by atoms with Crippen LogP contribution in [0, 0.1) is 11.3 Å². The van der Waals surface area contributed by atoms with Crippen molar-refractivity contribution in [3.05, 3.63) is 121 Å². The molecule has 0 aliphatic carbocycles. The van der Waals surface area contributed by atoms with Crippen LogP contribution in [-0.2, 0) is 0 Å². The van der Waals surface area contributed by atoms with E-state index in [2.05, 4.69) is 101 Å². The minimum Gasteiger partial charge on any atom is -0.456 e. The van der Waals surface area contributed by atoms with Crippen LogP contribution < -0.4 is 4.90 Å². The summed E-state index contributed by atoms with van der Waals surface area (Å²) in [6.45, 7) is 0. The molecule has 4 nitrogen and oxygen atoms in total. The largest absolute Gasteiger partial charge is 0.456 e. The average Bonchev–Trinajstić information content (AvgIpc) is 3.61. The summed E-state index contributed by atoms with van der Waals surface area (Å²) in [5, 5.41) is 14.2. The summed E-state index contributed by atoms with van der Waals surface area (Å²) in [6, 6.07) is 38.5. The number of hydrogen-bond donors (Lipinski definition) is 0. The molecule has 1 aliphatic heterocycles. The number of pyridine rings is 1. The molecule has 6 heteroatoms. The fourth-order valence-corrected chi connectivity index (χ4v) is 8.51. The summed E-state index contributed by atoms with van der Waals surface area (Å²) >= 11 is 3.60. The molecule has 0 unspecified atom stereocenters. The van der Waals surface area contributed by atoms with E-state index in [1.807, 2.05) is 36.2 Å². The Labute approximate surface area is 249 Å². The van der Waals surface area contributed by atoms with E-state index in [-0.39, 0.29) is 0 Å². The molecule has 1 aliphatic rings. The van der Waals surface area contributed by atoms with Crippen LogP contribution in [0.15, 0.2) is 130 Å². The molecule has 3 aromatic heterocycles. The number of aromatic nitrogens is 1. The summed E-state index contributed by atoms with van der Waals surface area (Å²) in [5.74, 6) is 0. The van der Waals surface area contributed by atoms with Crippen molar-refractivity contribution in [2.24, 2.45) is 0 Å². The number of para-hydroxylation sites is 2. The number of furan rings is 1. The van der Waals surface area contributed by atoms with Crippen LogP contribution in [0.25, 0.3) is 53.2 Å². The maximum Gasteiger partial charge on any atom is 0.137 e. The van der Waals surface area contributed by atoms with E-state index in [0.717, 1.165) is 50.1 Å². The monoisotopic (exact) mass is 573 g/mol. The van der Waals surface area contributed by atoms with E-state index >= 15 is 0 Å². The lowest BCUT2D eigenvalue weighted by Crippen LogP contribution is -2.14. The fraction of sp³-hybridized carbons (Fsp3) is 0. The van der Waals surface area contributed by atoms with Crippen LogP contribution in [0.5, 0.6) is 0 Å². The van der Waals surface area contributed by atoms with E-state index < -0.39 is 0 Å². The molecule has 0 bridgehead atoms. The van der Waals surface area contributed by atoms with Gasteiger partial charge in [-0.05, 0) is 36.4 Å². The van der Waals surface area contributed by atoms with Gasteiger partial charge in [-0.25, -0.2) is 0 Å². The molecular formula is C36H19N3OS2. The Morgan fingerprint density at radius 3 is 2.36 bits per heavy atom. The van der Waals surface area contributed by atoms with Crippen LogP contribution in [0.3, 0.4) is 0 Å². The zero-order valence-electron chi connectivity index (χ0n) is 22.0. The minimum atomic E-state index is 0.558. The number of hydrogen-bond acceptors (Lipinski definition) is 6. The van der Waals surface area contributed by atoms with Crippen LogP contribution >= 0.6 is 23.1 Å². The van der Waals surface area contributed by atoms with Gasteiger partial charge in [0.15, 0.2) is 0 Å². The highest BCUT2D eigenvalue weighted by molar-refractivity contribution is 7.99. The van der Waals surface area contributed by atoms with Gasteiger partial charge in [-0.2, -0.15) is 5.26 Å². The van der Waals surface area contributed by atoms with Crippen molar-refractivity contribution in [2.75, 3.05) is 4.90 Å². The van der Waals surface area contributed by atoms with Gasteiger partial charge in [-0.15, -0.1) is 11.3 Å². The third-order valence-electron chi connectivity index (χ3n) is 7.95. The Morgan fingerprint density at radius 1 is 0.643 bits per heavy atom. The van der Waals surface area contributed by atoms with E-state index in [1.54, 1.807) is 17.5 Å². The fourth-order valence-electron chi connectivity index (χ4n) is 6.09. The molecule has 5 aromatic carbocycles. The van der Waals surface area contributed by atoms with Crippen molar-refractivity contribution in [1.82, 2.24) is 4.98 Å². The highest BCUT2D eigenvalue weighted by atomic mass is 32.2. The van der Waals surface area contributed by atoms with Gasteiger partial charge in [0, 0.05) is 65.6 Å². The lowest BCUT2D eigenvalue weighted by atomic mass is 10.0. The van der Waals surface area contributed by atoms with E-state index in [4.69, 9.17) is 4.42 Å². The summed E-state index contributed by atoms with van der Waals surface area (Å²) in [4.78, 5) is 9.15. The Hall–Kier alpha value is -5.09. The smallest absolute Gasteiger partial charge is 0.137 e. The molecule has 8 aromatic rings. The summed E-state index contributed by atoms with van der Waals surface area (Å²) in [6.07, 6.45) is 3.45. The lowest BCUT2D eigenvalue weighted by Gasteiger charge is -2.33. The van der Waals surface area contributed by atoms with E-state index in [0.29, 0.717) is 5.56 Å². The van der Waals surface area contributed by atoms with Crippen molar-refractivity contribution in [3.8, 4) is 17.2 Å². The number of thiophene rings is 1. The third kappa shape index (κ3) is 3.38. The van der Waals surface area contributed by atoms with Crippen LogP contribution in [-0.4, -0.2) is 4.98 Å². The topological polar surface area (TPSA) is 53.1 Å². The first-order valence-corrected chi connectivity index (χ1v) is 15.2. The molecule has 0 amide bonds. The van der Waals surface area contributed by atoms with Crippen molar-refractivity contribution in [2.45, 2.75) is 9.79 Å². The summed E-state index contributed by atoms with van der Waals surface area (Å²) in [7, 11) is 0. The molecule has 0 saturated heterocycles. The molecule has 0 N–H and O–H groups in total. The number of rotatable bonds is 2. The summed E-state index contributed by atoms with van der Waals surface area (Å²) < 4.78 is 8.74. The van der Waals surface area contributed by atoms with Gasteiger partial charge < -0.3 is 9.32 Å². The quantitative estimate of drug-likeness (QED) is 0.206. The molecule has 42 heavy (non-hydrogen) atoms. The van der Waals surface area contributed by atoms with Crippen molar-refractivity contribution >= 4 is 82.3 Å². The van der Waals surface area contributed by atoms with Gasteiger partial charge in [0.2, 0.25) is 0 Å². The maximum atomic E-state index is 9.48. The Morgan fingerprint density at radius 2 is 1.43 bits per heavy atom. The molecule has 0 saturated carbocycles. The standard InChI is InChI=1S/C36H19N3OS2/c37-18-21-15-22(20-38-19-21)23-8-5-9-25-26-10-6-12-29(36(26)42-35(23)25)39-28-11-2-4-14-33(28)41-34-16-27-24-7-1-3-13-31(24)40-32(27)17-30(34)39/h1-17,19-20H. The lowest BCUT2D eigenvalue weighted by molar-refractivity contribution is 0.668. The second-order valence-corrected chi connectivity index (χ2v) is 12.4. The zero-order valence-corrected chi connectivity index (χ0v) is 23.7. The SMILES string of the molecule is N#Cc1cncc(-c2cccc3c2sc2c(N4c5ccccc5Sc5cc6c(cc54)oc4ccccc46)cccc23)c1. The highest BCUT2D eigenvalue weighted by Crippen LogP contribution is 2.55. The second kappa shape index (κ2) is 8.95. The van der Waals surface area contributed by atoms with Gasteiger partial charge >= 0.3 is 0 Å². The Kier molecular flexibility index (Phi) is 5.03. The van der Waals surface area contributed by atoms with Crippen LogP contribution in [0.2, 0.25) is 0 Å². The number of benzene rings is 5. The van der Waals surface area contributed by atoms with Gasteiger partial charge in [0.1, 0.15) is 17.2 Å². The molecule has 4 heterocycles. The van der Waals surface area contributed by atoms with Gasteiger partial charge in [-0.3, -0.25) is 4.98 Å². The molecule has 196 valence electrons. The second-order valence-electron chi connectivity index (χ2n) is 10.3. The first-order valence-electron chi connectivity index (χ1n) is 13.6. The van der Waals surface area contributed by atoms with Crippen molar-refractivity contribution in [1.29, 1.82) is 5.26 Å². The van der Waals surface area contributed by atoms with E-state index in [1.165, 1.54) is 30.0 Å². The summed E-state index contributed by atoms with van der Waals surface area (Å²) in [5.41, 5.74) is 7.78. The normalized spacial score (nSPS) is 12.6. The highest BCUT2D eigenvalue weighted by Gasteiger charge is 2.28. The zero-order chi connectivity index (χ0) is 27.8. The molecule has 0 fully saturated rings. The minimum absolute atomic E-state index is 0.558. The molecule has 0 spiro atoms. The number of anilines is 3. The number of nitriles is 1. The van der Waals surface area contributed by atoms with Gasteiger partial charge in [0.05, 0.1) is 27.3 Å². The number of fused-ring (bicyclic) bond motifs is 8. The molecule has 9 rings (SSSR count). The molecular weight excluding hydrogens is 555 g/mol. The van der Waals surface area contributed by atoms with Crippen LogP contribution in [0.4, 0.5) is 17.1 Å². The predicted octanol–water partition coefficient (Wildman–Crippen LogP) is 10.8. The Bertz CT molecular complexity index is 2430. The number of nitrogens with zero attached hydrogens (tertiary/aromatic N) is 3. The van der Waals surface area contributed by atoms with Gasteiger partial charge in [0.25, 0.3) is 0 Å². The third-order valence-corrected chi connectivity index (χ3v) is 10.3.